The molecule has 158 valence electrons. The van der Waals surface area contributed by atoms with Gasteiger partial charge in [0.25, 0.3) is 10.0 Å². The molecular formula is C24H22N2O3S2. The van der Waals surface area contributed by atoms with Crippen LogP contribution in [0.25, 0.3) is 21.8 Å². The highest BCUT2D eigenvalue weighted by Gasteiger charge is 2.16. The predicted octanol–water partition coefficient (Wildman–Crippen LogP) is 5.99. The van der Waals surface area contributed by atoms with Crippen molar-refractivity contribution in [1.29, 1.82) is 0 Å². The van der Waals surface area contributed by atoms with Gasteiger partial charge in [-0.2, -0.15) is 0 Å². The zero-order valence-electron chi connectivity index (χ0n) is 17.2. The van der Waals surface area contributed by atoms with E-state index in [4.69, 9.17) is 9.72 Å². The largest absolute Gasteiger partial charge is 0.494 e. The highest BCUT2D eigenvalue weighted by molar-refractivity contribution is 7.92. The van der Waals surface area contributed by atoms with Gasteiger partial charge in [0.05, 0.1) is 17.2 Å². The molecular weight excluding hydrogens is 428 g/mol. The molecule has 0 radical (unpaired) electrons. The summed E-state index contributed by atoms with van der Waals surface area (Å²) < 4.78 is 33.7. The first-order chi connectivity index (χ1) is 15.0. The first-order valence-corrected chi connectivity index (χ1v) is 12.2. The van der Waals surface area contributed by atoms with Crippen molar-refractivity contribution in [1.82, 2.24) is 4.98 Å². The fourth-order valence-electron chi connectivity index (χ4n) is 3.15. The van der Waals surface area contributed by atoms with Crippen molar-refractivity contribution in [3.05, 3.63) is 83.7 Å². The number of nitrogens with one attached hydrogen (secondary N) is 1. The van der Waals surface area contributed by atoms with Crippen molar-refractivity contribution in [3.63, 3.8) is 0 Å². The Bertz CT molecular complexity index is 1280. The number of hydrogen-bond acceptors (Lipinski definition) is 5. The van der Waals surface area contributed by atoms with E-state index in [1.165, 1.54) is 0 Å². The van der Waals surface area contributed by atoms with E-state index in [2.05, 4.69) is 4.72 Å². The van der Waals surface area contributed by atoms with E-state index in [0.29, 0.717) is 18.0 Å². The van der Waals surface area contributed by atoms with Gasteiger partial charge in [0.15, 0.2) is 0 Å². The number of sulfonamides is 1. The van der Waals surface area contributed by atoms with E-state index in [1.54, 1.807) is 41.7 Å². The van der Waals surface area contributed by atoms with Crippen molar-refractivity contribution in [2.75, 3.05) is 11.3 Å². The Labute approximate surface area is 186 Å². The molecule has 31 heavy (non-hydrogen) atoms. The molecule has 1 N–H and O–H groups in total. The molecule has 0 unspecified atom stereocenters. The minimum Gasteiger partial charge on any atom is -0.494 e. The topological polar surface area (TPSA) is 68.3 Å². The second-order valence-electron chi connectivity index (χ2n) is 6.95. The third-order valence-corrected chi connectivity index (χ3v) is 6.98. The van der Waals surface area contributed by atoms with E-state index in [-0.39, 0.29) is 4.90 Å². The van der Waals surface area contributed by atoms with Gasteiger partial charge in [0.2, 0.25) is 0 Å². The maximum Gasteiger partial charge on any atom is 0.261 e. The summed E-state index contributed by atoms with van der Waals surface area (Å²) in [5.74, 6) is 0.684. The van der Waals surface area contributed by atoms with Crippen LogP contribution in [0.4, 0.5) is 5.69 Å². The number of ether oxygens (including phenoxy) is 1. The summed E-state index contributed by atoms with van der Waals surface area (Å²) >= 11 is 1.58. The fraction of sp³-hybridized carbons (Fsp3) is 0.125. The summed E-state index contributed by atoms with van der Waals surface area (Å²) in [6, 6.07) is 22.1. The molecule has 4 aromatic rings. The van der Waals surface area contributed by atoms with Gasteiger partial charge < -0.3 is 4.74 Å². The Kier molecular flexibility index (Phi) is 6.06. The summed E-state index contributed by atoms with van der Waals surface area (Å²) in [6.07, 6.45) is 0. The lowest BCUT2D eigenvalue weighted by Crippen LogP contribution is -2.13. The molecule has 7 heteroatoms. The lowest BCUT2D eigenvalue weighted by molar-refractivity contribution is 0.337. The van der Waals surface area contributed by atoms with Crippen LogP contribution in [0.5, 0.6) is 5.75 Å². The molecule has 0 saturated carbocycles. The molecule has 1 heterocycles. The third-order valence-electron chi connectivity index (χ3n) is 4.71. The van der Waals surface area contributed by atoms with Gasteiger partial charge in [-0.15, -0.1) is 11.3 Å². The maximum atomic E-state index is 12.8. The quantitative estimate of drug-likeness (QED) is 0.376. The van der Waals surface area contributed by atoms with E-state index < -0.39 is 10.0 Å². The zero-order chi connectivity index (χ0) is 21.8. The molecule has 0 spiro atoms. The zero-order valence-corrected chi connectivity index (χ0v) is 18.8. The average Bonchev–Trinajstić information content (AvgIpc) is 3.26. The average molecular weight is 451 g/mol. The Morgan fingerprint density at radius 1 is 0.968 bits per heavy atom. The molecule has 0 aliphatic heterocycles. The Balaban J connectivity index is 1.51. The van der Waals surface area contributed by atoms with Crippen molar-refractivity contribution in [2.24, 2.45) is 0 Å². The molecule has 4 rings (SSSR count). The van der Waals surface area contributed by atoms with Crippen molar-refractivity contribution < 1.29 is 13.2 Å². The van der Waals surface area contributed by atoms with Crippen LogP contribution in [0.3, 0.4) is 0 Å². The second kappa shape index (κ2) is 8.91. The molecule has 0 fully saturated rings. The highest BCUT2D eigenvalue weighted by Crippen LogP contribution is 2.30. The van der Waals surface area contributed by atoms with E-state index in [1.807, 2.05) is 61.7 Å². The van der Waals surface area contributed by atoms with Crippen molar-refractivity contribution in [3.8, 4) is 27.6 Å². The molecule has 0 aliphatic carbocycles. The van der Waals surface area contributed by atoms with Crippen LogP contribution in [-0.2, 0) is 10.0 Å². The summed E-state index contributed by atoms with van der Waals surface area (Å²) in [5.41, 5.74) is 4.14. The lowest BCUT2D eigenvalue weighted by Gasteiger charge is -2.11. The van der Waals surface area contributed by atoms with Gasteiger partial charge in [-0.05, 0) is 49.7 Å². The van der Waals surface area contributed by atoms with E-state index in [9.17, 15) is 8.42 Å². The molecule has 0 aliphatic rings. The number of nitrogens with zero attached hydrogens (tertiary/aromatic N) is 1. The van der Waals surface area contributed by atoms with Crippen LogP contribution in [0.15, 0.2) is 83.1 Å². The number of benzene rings is 3. The Morgan fingerprint density at radius 2 is 1.71 bits per heavy atom. The monoisotopic (exact) mass is 450 g/mol. The highest BCUT2D eigenvalue weighted by atomic mass is 32.2. The van der Waals surface area contributed by atoms with Gasteiger partial charge in [0, 0.05) is 22.2 Å². The van der Waals surface area contributed by atoms with Gasteiger partial charge in [-0.1, -0.05) is 42.5 Å². The first kappa shape index (κ1) is 21.1. The molecule has 3 aromatic carbocycles. The summed E-state index contributed by atoms with van der Waals surface area (Å²) in [5, 5.41) is 2.95. The summed E-state index contributed by atoms with van der Waals surface area (Å²) in [7, 11) is -3.70. The van der Waals surface area contributed by atoms with Gasteiger partial charge in [-0.25, -0.2) is 13.4 Å². The first-order valence-electron chi connectivity index (χ1n) is 9.84. The number of thiazole rings is 1. The fourth-order valence-corrected chi connectivity index (χ4v) is 5.13. The van der Waals surface area contributed by atoms with Crippen LogP contribution in [0, 0.1) is 6.92 Å². The van der Waals surface area contributed by atoms with Gasteiger partial charge >= 0.3 is 0 Å². The van der Waals surface area contributed by atoms with Crippen molar-refractivity contribution >= 4 is 27.0 Å². The lowest BCUT2D eigenvalue weighted by atomic mass is 10.1. The number of anilines is 1. The minimum atomic E-state index is -3.70. The Hall–Kier alpha value is -3.16. The molecule has 0 bridgehead atoms. The predicted molar refractivity (Wildman–Crippen MR) is 126 cm³/mol. The molecule has 0 amide bonds. The second-order valence-corrected chi connectivity index (χ2v) is 9.49. The van der Waals surface area contributed by atoms with Crippen LogP contribution < -0.4 is 9.46 Å². The summed E-state index contributed by atoms with van der Waals surface area (Å²) in [6.45, 7) is 4.25. The minimum absolute atomic E-state index is 0.199. The van der Waals surface area contributed by atoms with Crippen LogP contribution in [0.1, 0.15) is 12.5 Å². The Morgan fingerprint density at radius 3 is 2.39 bits per heavy atom. The smallest absolute Gasteiger partial charge is 0.261 e. The number of rotatable bonds is 7. The standard InChI is InChI=1S/C24H22N2O3S2/c1-3-29-23-14-13-21(15-17(23)2)31(27,28)26-20-11-9-18(10-12-20)22-16-30-24(25-22)19-7-5-4-6-8-19/h4-16,26H,3H2,1-2H3. The SMILES string of the molecule is CCOc1ccc(S(=O)(=O)Nc2ccc(-c3csc(-c4ccccc4)n3)cc2)cc1C. The molecule has 0 saturated heterocycles. The number of hydrogen-bond donors (Lipinski definition) is 1. The van der Waals surface area contributed by atoms with Crippen molar-refractivity contribution in [2.45, 2.75) is 18.7 Å². The van der Waals surface area contributed by atoms with Crippen LogP contribution in [-0.4, -0.2) is 20.0 Å². The molecule has 1 aromatic heterocycles. The normalized spacial score (nSPS) is 11.3. The maximum absolute atomic E-state index is 12.8. The third kappa shape index (κ3) is 4.78. The number of aromatic nitrogens is 1. The van der Waals surface area contributed by atoms with E-state index >= 15 is 0 Å². The summed E-state index contributed by atoms with van der Waals surface area (Å²) in [4.78, 5) is 4.90. The van der Waals surface area contributed by atoms with E-state index in [0.717, 1.165) is 27.4 Å². The van der Waals surface area contributed by atoms with Gasteiger partial charge in [-0.3, -0.25) is 4.72 Å². The van der Waals surface area contributed by atoms with Gasteiger partial charge in [0.1, 0.15) is 10.8 Å². The molecule has 5 nitrogen and oxygen atoms in total. The molecule has 0 atom stereocenters. The van der Waals surface area contributed by atoms with Crippen LogP contribution in [0.2, 0.25) is 0 Å². The number of aryl methyl sites for hydroxylation is 1. The van der Waals surface area contributed by atoms with Crippen LogP contribution >= 0.6 is 11.3 Å².